The third kappa shape index (κ3) is 18.6. The number of hydrogen-bond donors (Lipinski definition) is 0. The van der Waals surface area contributed by atoms with Gasteiger partial charge in [-0.05, 0) is 127 Å². The fourth-order valence-corrected chi connectivity index (χ4v) is 5.11. The summed E-state index contributed by atoms with van der Waals surface area (Å²) >= 11 is 0. The first kappa shape index (κ1) is 51.1. The molecular weight excluding hydrogens is 748 g/mol. The van der Waals surface area contributed by atoms with Gasteiger partial charge in [0.05, 0.1) is 17.2 Å². The quantitative estimate of drug-likeness (QED) is 0.162. The number of alkyl halides is 3. The molecule has 1 nitrogen and oxygen atoms in total. The summed E-state index contributed by atoms with van der Waals surface area (Å²) in [6, 6.07) is 29.1. The van der Waals surface area contributed by atoms with Crippen molar-refractivity contribution >= 4 is 0 Å². The zero-order chi connectivity index (χ0) is 44.5. The molecule has 0 bridgehead atoms. The molecule has 0 fully saturated rings. The highest BCUT2D eigenvalue weighted by molar-refractivity contribution is 5.34. The molecule has 0 aliphatic rings. The van der Waals surface area contributed by atoms with Gasteiger partial charge in [-0.25, -0.2) is 17.6 Å². The first-order chi connectivity index (χ1) is 26.9. The maximum Gasteiger partial charge on any atom is 0.416 e. The molecule has 5 aromatic rings. The van der Waals surface area contributed by atoms with Gasteiger partial charge in [-0.1, -0.05) is 123 Å². The summed E-state index contributed by atoms with van der Waals surface area (Å²) in [5, 5.41) is 8.52. The summed E-state index contributed by atoms with van der Waals surface area (Å²) < 4.78 is 88.3. The monoisotopic (exact) mass is 807 g/mol. The highest BCUT2D eigenvalue weighted by Gasteiger charge is 2.31. The predicted octanol–water partition coefficient (Wildman–Crippen LogP) is 16.4. The number of benzene rings is 5. The molecule has 0 atom stereocenters. The van der Waals surface area contributed by atoms with E-state index in [9.17, 15) is 30.7 Å². The maximum atomic E-state index is 13.0. The minimum absolute atomic E-state index is 0.0967. The largest absolute Gasteiger partial charge is 0.416 e. The lowest BCUT2D eigenvalue weighted by Crippen LogP contribution is -2.06. The van der Waals surface area contributed by atoms with Crippen LogP contribution < -0.4 is 0 Å². The Morgan fingerprint density at radius 2 is 0.793 bits per heavy atom. The van der Waals surface area contributed by atoms with Crippen molar-refractivity contribution in [2.45, 2.75) is 126 Å². The van der Waals surface area contributed by atoms with Gasteiger partial charge in [0.15, 0.2) is 0 Å². The first-order valence-electron chi connectivity index (χ1n) is 19.5. The molecule has 314 valence electrons. The fourth-order valence-electron chi connectivity index (χ4n) is 5.11. The third-order valence-corrected chi connectivity index (χ3v) is 9.07. The smallest absolute Gasteiger partial charge is 0.207 e. The molecule has 0 amide bonds. The highest BCUT2D eigenvalue weighted by atomic mass is 19.4. The molecule has 0 spiro atoms. The predicted molar refractivity (Wildman–Crippen MR) is 226 cm³/mol. The van der Waals surface area contributed by atoms with Crippen LogP contribution in [0.15, 0.2) is 97.1 Å². The summed E-state index contributed by atoms with van der Waals surface area (Å²) in [5.74, 6) is -0.283. The van der Waals surface area contributed by atoms with Crippen LogP contribution in [-0.4, -0.2) is 0 Å². The van der Waals surface area contributed by atoms with Crippen molar-refractivity contribution in [3.05, 3.63) is 176 Å². The first-order valence-corrected chi connectivity index (χ1v) is 19.5. The molecule has 0 saturated carbocycles. The number of halogens is 7. The minimum Gasteiger partial charge on any atom is -0.207 e. The fraction of sp³-hybridized carbons (Fsp3) is 0.380. The van der Waals surface area contributed by atoms with E-state index in [1.54, 1.807) is 13.0 Å². The Morgan fingerprint density at radius 1 is 0.431 bits per heavy atom. The van der Waals surface area contributed by atoms with Gasteiger partial charge in [0.1, 0.15) is 23.3 Å². The lowest BCUT2D eigenvalue weighted by Gasteiger charge is -2.12. The van der Waals surface area contributed by atoms with Crippen molar-refractivity contribution in [2.75, 3.05) is 0 Å². The molecule has 0 aliphatic carbocycles. The second kappa shape index (κ2) is 24.1. The van der Waals surface area contributed by atoms with Gasteiger partial charge < -0.3 is 0 Å². The Labute approximate surface area is 343 Å². The van der Waals surface area contributed by atoms with Gasteiger partial charge in [0.25, 0.3) is 0 Å². The standard InChI is InChI=1S/C11H13F3.C10H12F2.C10H11N.C10H14.C9H10F2/c1-7(2)9-4-8(3)5-10(6-9)11(12,13)14;1-6(2)8-4-9(11)7(3)10(12)5-8;1-8(2)10-5-3-9(7-11)4-6-10;1-8(2)10-6-4-9(3)5-7-10;1-6(2)7-3-8(10)5-9(11)4-7/h4-7H,1-3H3;4-6H,1-3H3;3-6,8H,1-2H3;4-8H,1-3H3;3-6H,1-2H3. The average Bonchev–Trinajstić information content (AvgIpc) is 3.14. The second-order valence-electron chi connectivity index (χ2n) is 15.9. The SMILES string of the molecule is CC(C)c1cc(F)cc(F)c1.CC(C)c1ccc(C#N)cc1.Cc1c(F)cc(C(C)C)cc1F.Cc1cc(C(C)C)cc(C(F)(F)F)c1.Cc1ccc(C(C)C)cc1. The van der Waals surface area contributed by atoms with Gasteiger partial charge in [0, 0.05) is 11.6 Å². The second-order valence-corrected chi connectivity index (χ2v) is 15.9. The van der Waals surface area contributed by atoms with Gasteiger partial charge in [0.2, 0.25) is 0 Å². The van der Waals surface area contributed by atoms with Crippen molar-refractivity contribution < 1.29 is 30.7 Å². The van der Waals surface area contributed by atoms with E-state index in [0.717, 1.165) is 17.2 Å². The summed E-state index contributed by atoms with van der Waals surface area (Å²) in [4.78, 5) is 0. The van der Waals surface area contributed by atoms with Crippen LogP contribution in [0.3, 0.4) is 0 Å². The van der Waals surface area contributed by atoms with E-state index >= 15 is 0 Å². The van der Waals surface area contributed by atoms with Crippen LogP contribution in [0.25, 0.3) is 0 Å². The lowest BCUT2D eigenvalue weighted by atomic mass is 9.98. The molecule has 5 aromatic carbocycles. The third-order valence-electron chi connectivity index (χ3n) is 9.07. The summed E-state index contributed by atoms with van der Waals surface area (Å²) in [5.41, 5.74) is 7.10. The summed E-state index contributed by atoms with van der Waals surface area (Å²) in [6.07, 6.45) is -4.24. The van der Waals surface area contributed by atoms with Gasteiger partial charge >= 0.3 is 6.18 Å². The number of hydrogen-bond acceptors (Lipinski definition) is 1. The minimum atomic E-state index is -4.24. The van der Waals surface area contributed by atoms with Crippen molar-refractivity contribution in [3.63, 3.8) is 0 Å². The molecule has 0 aliphatic heterocycles. The number of nitriles is 1. The summed E-state index contributed by atoms with van der Waals surface area (Å²) in [7, 11) is 0. The van der Waals surface area contributed by atoms with E-state index in [-0.39, 0.29) is 23.3 Å². The van der Waals surface area contributed by atoms with E-state index in [0.29, 0.717) is 28.5 Å². The normalized spacial score (nSPS) is 10.8. The lowest BCUT2D eigenvalue weighted by molar-refractivity contribution is -0.137. The molecule has 5 rings (SSSR count). The zero-order valence-electron chi connectivity index (χ0n) is 36.2. The topological polar surface area (TPSA) is 23.8 Å². The van der Waals surface area contributed by atoms with Crippen molar-refractivity contribution in [3.8, 4) is 6.07 Å². The molecule has 0 saturated heterocycles. The Balaban J connectivity index is 0.000000364. The van der Waals surface area contributed by atoms with E-state index < -0.39 is 35.0 Å². The molecule has 0 aromatic heterocycles. The van der Waals surface area contributed by atoms with E-state index in [2.05, 4.69) is 65.0 Å². The van der Waals surface area contributed by atoms with Crippen LogP contribution in [0.5, 0.6) is 0 Å². The number of rotatable bonds is 5. The van der Waals surface area contributed by atoms with Gasteiger partial charge in [-0.2, -0.15) is 18.4 Å². The van der Waals surface area contributed by atoms with Crippen LogP contribution in [0.2, 0.25) is 0 Å². The molecule has 0 heterocycles. The van der Waals surface area contributed by atoms with Gasteiger partial charge in [-0.3, -0.25) is 0 Å². The molecule has 8 heteroatoms. The Bertz CT molecular complexity index is 1970. The van der Waals surface area contributed by atoms with Crippen LogP contribution in [-0.2, 0) is 6.18 Å². The Morgan fingerprint density at radius 3 is 1.16 bits per heavy atom. The molecular formula is C50H60F7N. The Hall–Kier alpha value is -4.90. The Kier molecular flexibility index (Phi) is 21.3. The van der Waals surface area contributed by atoms with E-state index in [4.69, 9.17) is 5.26 Å². The van der Waals surface area contributed by atoms with Crippen molar-refractivity contribution in [1.29, 1.82) is 5.26 Å². The van der Waals surface area contributed by atoms with E-state index in [1.165, 1.54) is 60.0 Å². The van der Waals surface area contributed by atoms with Gasteiger partial charge in [-0.15, -0.1) is 0 Å². The van der Waals surface area contributed by atoms with Crippen LogP contribution >= 0.6 is 0 Å². The van der Waals surface area contributed by atoms with Crippen LogP contribution in [0.1, 0.15) is 154 Å². The molecule has 0 radical (unpaired) electrons. The number of aryl methyl sites for hydroxylation is 2. The maximum absolute atomic E-state index is 13.0. The molecule has 0 N–H and O–H groups in total. The average molecular weight is 808 g/mol. The van der Waals surface area contributed by atoms with Crippen molar-refractivity contribution in [2.24, 2.45) is 0 Å². The van der Waals surface area contributed by atoms with Crippen molar-refractivity contribution in [1.82, 2.24) is 0 Å². The molecule has 0 unspecified atom stereocenters. The van der Waals surface area contributed by atoms with Crippen LogP contribution in [0, 0.1) is 55.4 Å². The van der Waals surface area contributed by atoms with Crippen LogP contribution in [0.4, 0.5) is 30.7 Å². The molecule has 58 heavy (non-hydrogen) atoms. The number of nitrogens with zero attached hydrogens (tertiary/aromatic N) is 1. The van der Waals surface area contributed by atoms with E-state index in [1.807, 2.05) is 65.8 Å². The summed E-state index contributed by atoms with van der Waals surface area (Å²) in [6.45, 7) is 25.3. The zero-order valence-corrected chi connectivity index (χ0v) is 36.2. The highest BCUT2D eigenvalue weighted by Crippen LogP contribution is 2.32.